The Balaban J connectivity index is 0.000000371. The Kier molecular flexibility index (Phi) is 4.65. The minimum Gasteiger partial charge on any atom is -0.329 e. The summed E-state index contributed by atoms with van der Waals surface area (Å²) in [5, 5.41) is 3.36. The van der Waals surface area contributed by atoms with Crippen molar-refractivity contribution in [3.05, 3.63) is 0 Å². The van der Waals surface area contributed by atoms with E-state index in [0.29, 0.717) is 0 Å². The zero-order valence-electron chi connectivity index (χ0n) is 7.41. The molecule has 0 radical (unpaired) electrons. The molecule has 0 aromatic heterocycles. The van der Waals surface area contributed by atoms with Gasteiger partial charge in [0.05, 0.1) is 0 Å². The molecule has 1 aliphatic rings. The van der Waals surface area contributed by atoms with E-state index in [2.05, 4.69) is 12.2 Å². The molecule has 1 saturated heterocycles. The summed E-state index contributed by atoms with van der Waals surface area (Å²) >= 11 is 0. The molecule has 0 saturated carbocycles. The van der Waals surface area contributed by atoms with Crippen LogP contribution in [0.5, 0.6) is 0 Å². The molecule has 62 valence electrons. The Hall–Kier alpha value is -0.0800. The zero-order valence-corrected chi connectivity index (χ0v) is 7.41. The van der Waals surface area contributed by atoms with E-state index in [0.717, 1.165) is 13.1 Å². The SMILES string of the molecule is CC.C[C@]1(CN)CCCN1. The number of hydrogen-bond acceptors (Lipinski definition) is 2. The topological polar surface area (TPSA) is 38.0 Å². The second kappa shape index (κ2) is 4.69. The molecule has 0 aromatic rings. The third-order valence-electron chi connectivity index (χ3n) is 1.91. The molecule has 2 heteroatoms. The van der Waals surface area contributed by atoms with E-state index < -0.39 is 0 Å². The van der Waals surface area contributed by atoms with Gasteiger partial charge in [-0.05, 0) is 26.3 Å². The van der Waals surface area contributed by atoms with Gasteiger partial charge in [-0.2, -0.15) is 0 Å². The Labute approximate surface area is 64.2 Å². The van der Waals surface area contributed by atoms with Gasteiger partial charge in [0.25, 0.3) is 0 Å². The first-order valence-electron chi connectivity index (χ1n) is 4.22. The van der Waals surface area contributed by atoms with E-state index in [1.54, 1.807) is 0 Å². The van der Waals surface area contributed by atoms with Gasteiger partial charge in [0.1, 0.15) is 0 Å². The van der Waals surface area contributed by atoms with Crippen LogP contribution < -0.4 is 11.1 Å². The van der Waals surface area contributed by atoms with Crippen LogP contribution in [-0.4, -0.2) is 18.6 Å². The third-order valence-corrected chi connectivity index (χ3v) is 1.91. The van der Waals surface area contributed by atoms with Gasteiger partial charge in [0, 0.05) is 12.1 Å². The van der Waals surface area contributed by atoms with Crippen molar-refractivity contribution in [3.63, 3.8) is 0 Å². The predicted molar refractivity (Wildman–Crippen MR) is 46.0 cm³/mol. The van der Waals surface area contributed by atoms with Gasteiger partial charge >= 0.3 is 0 Å². The smallest absolute Gasteiger partial charge is 0.0276 e. The van der Waals surface area contributed by atoms with Crippen molar-refractivity contribution in [1.29, 1.82) is 0 Å². The minimum absolute atomic E-state index is 0.264. The highest BCUT2D eigenvalue weighted by Crippen LogP contribution is 2.15. The van der Waals surface area contributed by atoms with Gasteiger partial charge in [-0.15, -0.1) is 0 Å². The number of rotatable bonds is 1. The molecule has 0 aromatic carbocycles. The van der Waals surface area contributed by atoms with Gasteiger partial charge in [-0.25, -0.2) is 0 Å². The van der Waals surface area contributed by atoms with E-state index in [-0.39, 0.29) is 5.54 Å². The lowest BCUT2D eigenvalue weighted by molar-refractivity contribution is 0.427. The standard InChI is InChI=1S/C6H14N2.C2H6/c1-6(5-7)3-2-4-8-6;1-2/h8H,2-5,7H2,1H3;1-2H3/t6-;/m1./s1. The normalized spacial score (nSPS) is 31.2. The Bertz CT molecular complexity index is 75.3. The van der Waals surface area contributed by atoms with E-state index in [9.17, 15) is 0 Å². The molecular weight excluding hydrogens is 124 g/mol. The number of hydrogen-bond donors (Lipinski definition) is 2. The molecule has 2 nitrogen and oxygen atoms in total. The molecule has 1 fully saturated rings. The summed E-state index contributed by atoms with van der Waals surface area (Å²) in [6, 6.07) is 0. The van der Waals surface area contributed by atoms with Crippen LogP contribution >= 0.6 is 0 Å². The summed E-state index contributed by atoms with van der Waals surface area (Å²) in [5.74, 6) is 0. The lowest BCUT2D eigenvalue weighted by Gasteiger charge is -2.20. The molecule has 1 heterocycles. The predicted octanol–water partition coefficient (Wildman–Crippen LogP) is 1.11. The van der Waals surface area contributed by atoms with Crippen molar-refractivity contribution < 1.29 is 0 Å². The summed E-state index contributed by atoms with van der Waals surface area (Å²) < 4.78 is 0. The maximum atomic E-state index is 5.51. The molecule has 0 aliphatic carbocycles. The molecule has 10 heavy (non-hydrogen) atoms. The molecule has 0 bridgehead atoms. The molecule has 1 atom stereocenters. The van der Waals surface area contributed by atoms with E-state index in [4.69, 9.17) is 5.73 Å². The molecule has 0 unspecified atom stereocenters. The van der Waals surface area contributed by atoms with Crippen molar-refractivity contribution in [2.45, 2.75) is 39.2 Å². The van der Waals surface area contributed by atoms with Gasteiger partial charge in [-0.3, -0.25) is 0 Å². The Morgan fingerprint density at radius 3 is 2.30 bits per heavy atom. The largest absolute Gasteiger partial charge is 0.329 e. The first-order valence-corrected chi connectivity index (χ1v) is 4.22. The van der Waals surface area contributed by atoms with Crippen molar-refractivity contribution >= 4 is 0 Å². The van der Waals surface area contributed by atoms with Crippen LogP contribution in [0.2, 0.25) is 0 Å². The zero-order chi connectivity index (χ0) is 8.04. The van der Waals surface area contributed by atoms with Crippen LogP contribution in [0.25, 0.3) is 0 Å². The fourth-order valence-corrected chi connectivity index (χ4v) is 1.13. The van der Waals surface area contributed by atoms with Crippen LogP contribution in [0.15, 0.2) is 0 Å². The Morgan fingerprint density at radius 1 is 1.50 bits per heavy atom. The van der Waals surface area contributed by atoms with Crippen LogP contribution in [0.3, 0.4) is 0 Å². The first-order chi connectivity index (χ1) is 4.77. The maximum absolute atomic E-state index is 5.51. The number of nitrogens with two attached hydrogens (primary N) is 1. The summed E-state index contributed by atoms with van der Waals surface area (Å²) in [6.45, 7) is 8.10. The highest BCUT2D eigenvalue weighted by Gasteiger charge is 2.25. The lowest BCUT2D eigenvalue weighted by Crippen LogP contribution is -2.43. The first kappa shape index (κ1) is 9.92. The van der Waals surface area contributed by atoms with Crippen LogP contribution in [0, 0.1) is 0 Å². The second-order valence-electron chi connectivity index (χ2n) is 2.80. The second-order valence-corrected chi connectivity index (χ2v) is 2.80. The lowest BCUT2D eigenvalue weighted by atomic mass is 10.0. The summed E-state index contributed by atoms with van der Waals surface area (Å²) in [7, 11) is 0. The van der Waals surface area contributed by atoms with Crippen molar-refractivity contribution in [1.82, 2.24) is 5.32 Å². The summed E-state index contributed by atoms with van der Waals surface area (Å²) in [5.41, 5.74) is 5.77. The van der Waals surface area contributed by atoms with Crippen LogP contribution in [-0.2, 0) is 0 Å². The fourth-order valence-electron chi connectivity index (χ4n) is 1.13. The van der Waals surface area contributed by atoms with E-state index in [1.807, 2.05) is 13.8 Å². The maximum Gasteiger partial charge on any atom is 0.0276 e. The monoisotopic (exact) mass is 144 g/mol. The average molecular weight is 144 g/mol. The Morgan fingerprint density at radius 2 is 2.10 bits per heavy atom. The van der Waals surface area contributed by atoms with Gasteiger partial charge < -0.3 is 11.1 Å². The minimum atomic E-state index is 0.264. The van der Waals surface area contributed by atoms with Crippen LogP contribution in [0.4, 0.5) is 0 Å². The highest BCUT2D eigenvalue weighted by atomic mass is 15.0. The summed E-state index contributed by atoms with van der Waals surface area (Å²) in [4.78, 5) is 0. The molecule has 0 amide bonds. The third kappa shape index (κ3) is 2.67. The highest BCUT2D eigenvalue weighted by molar-refractivity contribution is 4.88. The molecule has 0 spiro atoms. The van der Waals surface area contributed by atoms with E-state index >= 15 is 0 Å². The van der Waals surface area contributed by atoms with Gasteiger partial charge in [0.15, 0.2) is 0 Å². The van der Waals surface area contributed by atoms with Crippen molar-refractivity contribution in [2.24, 2.45) is 5.73 Å². The molecule has 1 aliphatic heterocycles. The fraction of sp³-hybridized carbons (Fsp3) is 1.00. The van der Waals surface area contributed by atoms with Crippen molar-refractivity contribution in [2.75, 3.05) is 13.1 Å². The van der Waals surface area contributed by atoms with Crippen molar-refractivity contribution in [3.8, 4) is 0 Å². The van der Waals surface area contributed by atoms with Crippen LogP contribution in [0.1, 0.15) is 33.6 Å². The molecular formula is C8H20N2. The molecule has 1 rings (SSSR count). The number of nitrogens with one attached hydrogen (secondary N) is 1. The molecule has 3 N–H and O–H groups in total. The average Bonchev–Trinajstić information content (AvgIpc) is 2.42. The summed E-state index contributed by atoms with van der Waals surface area (Å²) in [6.07, 6.45) is 2.53. The van der Waals surface area contributed by atoms with Gasteiger partial charge in [-0.1, -0.05) is 13.8 Å². The van der Waals surface area contributed by atoms with Gasteiger partial charge in [0.2, 0.25) is 0 Å². The quantitative estimate of drug-likeness (QED) is 0.578. The van der Waals surface area contributed by atoms with E-state index in [1.165, 1.54) is 12.8 Å².